The third-order valence-electron chi connectivity index (χ3n) is 2.95. The van der Waals surface area contributed by atoms with Crippen molar-refractivity contribution in [2.45, 2.75) is 25.9 Å². The normalized spacial score (nSPS) is 21.9. The van der Waals surface area contributed by atoms with Crippen LogP contribution in [-0.2, 0) is 16.1 Å². The zero-order chi connectivity index (χ0) is 11.4. The number of carbonyl (C=O) groups excluding carboxylic acids is 1. The van der Waals surface area contributed by atoms with E-state index in [-0.39, 0.29) is 18.6 Å². The number of nitrogens with zero attached hydrogens (tertiary/aromatic N) is 1. The van der Waals surface area contributed by atoms with Crippen molar-refractivity contribution < 1.29 is 9.53 Å². The maximum absolute atomic E-state index is 11.8. The van der Waals surface area contributed by atoms with E-state index in [2.05, 4.69) is 6.92 Å². The van der Waals surface area contributed by atoms with Crippen molar-refractivity contribution in [1.82, 2.24) is 4.90 Å². The van der Waals surface area contributed by atoms with Crippen LogP contribution in [0.5, 0.6) is 0 Å². The molecular weight excluding hydrogens is 202 g/mol. The van der Waals surface area contributed by atoms with Crippen molar-refractivity contribution in [3.05, 3.63) is 35.9 Å². The standard InChI is InChI=1S/C13H17NO2/c1-11-7-8-16-10-13(15)14(11)9-12-5-3-2-4-6-12/h2-6,11H,7-10H2,1H3. The number of benzene rings is 1. The van der Waals surface area contributed by atoms with E-state index in [1.807, 2.05) is 35.2 Å². The summed E-state index contributed by atoms with van der Waals surface area (Å²) in [4.78, 5) is 13.7. The highest BCUT2D eigenvalue weighted by Gasteiger charge is 2.23. The van der Waals surface area contributed by atoms with Crippen LogP contribution in [0.4, 0.5) is 0 Å². The molecule has 0 aromatic heterocycles. The second-order valence-electron chi connectivity index (χ2n) is 4.20. The molecule has 1 fully saturated rings. The highest BCUT2D eigenvalue weighted by atomic mass is 16.5. The largest absolute Gasteiger partial charge is 0.372 e. The predicted octanol–water partition coefficient (Wildman–Crippen LogP) is 1.82. The summed E-state index contributed by atoms with van der Waals surface area (Å²) in [5, 5.41) is 0. The minimum atomic E-state index is 0.0915. The Balaban J connectivity index is 2.09. The molecule has 1 amide bonds. The number of hydrogen-bond acceptors (Lipinski definition) is 2. The molecule has 0 saturated carbocycles. The van der Waals surface area contributed by atoms with Gasteiger partial charge in [0.25, 0.3) is 0 Å². The summed E-state index contributed by atoms with van der Waals surface area (Å²) in [6.45, 7) is 3.66. The van der Waals surface area contributed by atoms with E-state index in [9.17, 15) is 4.79 Å². The van der Waals surface area contributed by atoms with Crippen molar-refractivity contribution in [2.24, 2.45) is 0 Å². The SMILES string of the molecule is CC1CCOCC(=O)N1Cc1ccccc1. The molecule has 2 rings (SSSR count). The smallest absolute Gasteiger partial charge is 0.249 e. The Morgan fingerprint density at radius 1 is 1.38 bits per heavy atom. The van der Waals surface area contributed by atoms with Gasteiger partial charge in [-0.3, -0.25) is 4.79 Å². The molecule has 0 radical (unpaired) electrons. The van der Waals surface area contributed by atoms with Crippen LogP contribution < -0.4 is 0 Å². The van der Waals surface area contributed by atoms with Gasteiger partial charge < -0.3 is 9.64 Å². The summed E-state index contributed by atoms with van der Waals surface area (Å²) < 4.78 is 5.25. The average molecular weight is 219 g/mol. The molecule has 3 heteroatoms. The van der Waals surface area contributed by atoms with Gasteiger partial charge in [0.05, 0.1) is 0 Å². The number of ether oxygens (including phenoxy) is 1. The molecule has 0 N–H and O–H groups in total. The van der Waals surface area contributed by atoms with Crippen molar-refractivity contribution in [2.75, 3.05) is 13.2 Å². The van der Waals surface area contributed by atoms with E-state index in [0.29, 0.717) is 13.2 Å². The third-order valence-corrected chi connectivity index (χ3v) is 2.95. The van der Waals surface area contributed by atoms with E-state index in [4.69, 9.17) is 4.74 Å². The molecular formula is C13H17NO2. The molecule has 3 nitrogen and oxygen atoms in total. The number of hydrogen-bond donors (Lipinski definition) is 0. The van der Waals surface area contributed by atoms with E-state index in [0.717, 1.165) is 6.42 Å². The number of rotatable bonds is 2. The monoisotopic (exact) mass is 219 g/mol. The molecule has 1 aliphatic heterocycles. The fraction of sp³-hybridized carbons (Fsp3) is 0.462. The fourth-order valence-electron chi connectivity index (χ4n) is 1.92. The molecule has 0 bridgehead atoms. The molecule has 1 atom stereocenters. The number of carbonyl (C=O) groups is 1. The quantitative estimate of drug-likeness (QED) is 0.759. The maximum atomic E-state index is 11.8. The fourth-order valence-corrected chi connectivity index (χ4v) is 1.92. The van der Waals surface area contributed by atoms with Crippen LogP contribution in [0.2, 0.25) is 0 Å². The molecule has 0 aliphatic carbocycles. The molecule has 1 aromatic rings. The zero-order valence-electron chi connectivity index (χ0n) is 9.56. The zero-order valence-corrected chi connectivity index (χ0v) is 9.56. The van der Waals surface area contributed by atoms with Crippen molar-refractivity contribution >= 4 is 5.91 Å². The average Bonchev–Trinajstić information content (AvgIpc) is 2.46. The molecule has 1 heterocycles. The summed E-state index contributed by atoms with van der Waals surface area (Å²) in [6, 6.07) is 10.3. The first-order valence-electron chi connectivity index (χ1n) is 5.68. The Hall–Kier alpha value is -1.35. The van der Waals surface area contributed by atoms with Gasteiger partial charge in [-0.05, 0) is 18.9 Å². The Kier molecular flexibility index (Phi) is 3.57. The van der Waals surface area contributed by atoms with E-state index < -0.39 is 0 Å². The van der Waals surface area contributed by atoms with Crippen LogP contribution in [0.25, 0.3) is 0 Å². The van der Waals surface area contributed by atoms with Gasteiger partial charge in [-0.1, -0.05) is 30.3 Å². The Labute approximate surface area is 96.0 Å². The van der Waals surface area contributed by atoms with E-state index >= 15 is 0 Å². The molecule has 1 aromatic carbocycles. The molecule has 0 spiro atoms. The van der Waals surface area contributed by atoms with Gasteiger partial charge in [-0.25, -0.2) is 0 Å². The predicted molar refractivity (Wildman–Crippen MR) is 61.9 cm³/mol. The Morgan fingerprint density at radius 3 is 2.88 bits per heavy atom. The van der Waals surface area contributed by atoms with Crippen LogP contribution in [-0.4, -0.2) is 30.1 Å². The summed E-state index contributed by atoms with van der Waals surface area (Å²) in [6.07, 6.45) is 0.915. The highest BCUT2D eigenvalue weighted by Crippen LogP contribution is 2.13. The minimum absolute atomic E-state index is 0.0915. The number of amides is 1. The lowest BCUT2D eigenvalue weighted by atomic mass is 10.1. The molecule has 1 aliphatic rings. The summed E-state index contributed by atoms with van der Waals surface area (Å²) in [5.74, 6) is 0.0915. The third kappa shape index (κ3) is 2.61. The van der Waals surface area contributed by atoms with Gasteiger partial charge in [0.1, 0.15) is 6.61 Å². The Morgan fingerprint density at radius 2 is 2.12 bits per heavy atom. The van der Waals surface area contributed by atoms with Gasteiger partial charge in [0, 0.05) is 19.2 Å². The van der Waals surface area contributed by atoms with Crippen molar-refractivity contribution in [3.63, 3.8) is 0 Å². The van der Waals surface area contributed by atoms with Crippen LogP contribution in [0, 0.1) is 0 Å². The first-order valence-corrected chi connectivity index (χ1v) is 5.68. The summed E-state index contributed by atoms with van der Waals surface area (Å²) in [5.41, 5.74) is 1.17. The van der Waals surface area contributed by atoms with Gasteiger partial charge >= 0.3 is 0 Å². The second kappa shape index (κ2) is 5.12. The minimum Gasteiger partial charge on any atom is -0.372 e. The second-order valence-corrected chi connectivity index (χ2v) is 4.20. The van der Waals surface area contributed by atoms with Gasteiger partial charge in [-0.15, -0.1) is 0 Å². The lowest BCUT2D eigenvalue weighted by Crippen LogP contribution is -2.38. The van der Waals surface area contributed by atoms with Gasteiger partial charge in [-0.2, -0.15) is 0 Å². The lowest BCUT2D eigenvalue weighted by Gasteiger charge is -2.26. The highest BCUT2D eigenvalue weighted by molar-refractivity contribution is 5.78. The van der Waals surface area contributed by atoms with E-state index in [1.54, 1.807) is 0 Å². The van der Waals surface area contributed by atoms with Crippen LogP contribution in [0.1, 0.15) is 18.9 Å². The molecule has 86 valence electrons. The maximum Gasteiger partial charge on any atom is 0.249 e. The molecule has 1 unspecified atom stereocenters. The molecule has 1 saturated heterocycles. The Bertz CT molecular complexity index is 350. The summed E-state index contributed by atoms with van der Waals surface area (Å²) in [7, 11) is 0. The van der Waals surface area contributed by atoms with Crippen LogP contribution >= 0.6 is 0 Å². The topological polar surface area (TPSA) is 29.5 Å². The van der Waals surface area contributed by atoms with Gasteiger partial charge in [0.2, 0.25) is 5.91 Å². The molecule has 16 heavy (non-hydrogen) atoms. The van der Waals surface area contributed by atoms with Crippen LogP contribution in [0.3, 0.4) is 0 Å². The summed E-state index contributed by atoms with van der Waals surface area (Å²) >= 11 is 0. The van der Waals surface area contributed by atoms with Crippen molar-refractivity contribution in [1.29, 1.82) is 0 Å². The lowest BCUT2D eigenvalue weighted by molar-refractivity contribution is -0.135. The van der Waals surface area contributed by atoms with Crippen molar-refractivity contribution in [3.8, 4) is 0 Å². The van der Waals surface area contributed by atoms with E-state index in [1.165, 1.54) is 5.56 Å². The first-order chi connectivity index (χ1) is 7.77. The van der Waals surface area contributed by atoms with Crippen LogP contribution in [0.15, 0.2) is 30.3 Å². The first kappa shape index (κ1) is 11.1. The van der Waals surface area contributed by atoms with Gasteiger partial charge in [0.15, 0.2) is 0 Å².